The van der Waals surface area contributed by atoms with Gasteiger partial charge in [0.1, 0.15) is 0 Å². The average Bonchev–Trinajstić information content (AvgIpc) is 3.11. The van der Waals surface area contributed by atoms with E-state index in [-0.39, 0.29) is 0 Å². The molecule has 8 aromatic rings. The summed E-state index contributed by atoms with van der Waals surface area (Å²) in [7, 11) is 0. The second kappa shape index (κ2) is 11.0. The Balaban J connectivity index is 1.39. The third kappa shape index (κ3) is 4.91. The summed E-state index contributed by atoms with van der Waals surface area (Å²) in [4.78, 5) is 14.9. The third-order valence-corrected chi connectivity index (χ3v) is 8.10. The number of pyridine rings is 3. The Morgan fingerprint density at radius 2 is 0.909 bits per heavy atom. The van der Waals surface area contributed by atoms with Crippen molar-refractivity contribution in [2.24, 2.45) is 0 Å². The van der Waals surface area contributed by atoms with Gasteiger partial charge < -0.3 is 0 Å². The molecule has 3 heterocycles. The van der Waals surface area contributed by atoms with Crippen LogP contribution in [0.3, 0.4) is 0 Å². The fourth-order valence-corrected chi connectivity index (χ4v) is 5.88. The monoisotopic (exact) mass is 561 g/mol. The zero-order chi connectivity index (χ0) is 29.3. The van der Waals surface area contributed by atoms with Crippen LogP contribution in [0.4, 0.5) is 0 Å². The third-order valence-electron chi connectivity index (χ3n) is 8.10. The molecule has 0 spiro atoms. The molecule has 0 saturated carbocycles. The summed E-state index contributed by atoms with van der Waals surface area (Å²) in [6.45, 7) is 0. The van der Waals surface area contributed by atoms with Crippen LogP contribution >= 0.6 is 0 Å². The van der Waals surface area contributed by atoms with E-state index in [0.29, 0.717) is 0 Å². The van der Waals surface area contributed by atoms with Crippen molar-refractivity contribution >= 4 is 21.5 Å². The molecule has 0 radical (unpaired) electrons. The first-order valence-corrected chi connectivity index (χ1v) is 14.8. The van der Waals surface area contributed by atoms with Gasteiger partial charge in [-0.1, -0.05) is 109 Å². The molecule has 0 saturated heterocycles. The molecule has 44 heavy (non-hydrogen) atoms. The van der Waals surface area contributed by atoms with Gasteiger partial charge >= 0.3 is 0 Å². The number of aromatic nitrogens is 3. The zero-order valence-electron chi connectivity index (χ0n) is 23.9. The van der Waals surface area contributed by atoms with E-state index < -0.39 is 0 Å². The fourth-order valence-electron chi connectivity index (χ4n) is 5.88. The summed E-state index contributed by atoms with van der Waals surface area (Å²) in [5, 5.41) is 4.57. The van der Waals surface area contributed by atoms with Crippen molar-refractivity contribution in [3.8, 4) is 56.2 Å². The molecule has 0 aliphatic rings. The largest absolute Gasteiger partial charge is 0.256 e. The summed E-state index contributed by atoms with van der Waals surface area (Å²) in [6.07, 6.45) is 3.85. The molecule has 0 aliphatic carbocycles. The lowest BCUT2D eigenvalue weighted by molar-refractivity contribution is 1.32. The van der Waals surface area contributed by atoms with Gasteiger partial charge in [0.15, 0.2) is 0 Å². The molecule has 0 bridgehead atoms. The van der Waals surface area contributed by atoms with Gasteiger partial charge in [-0.2, -0.15) is 0 Å². The average molecular weight is 562 g/mol. The zero-order valence-corrected chi connectivity index (χ0v) is 23.9. The number of nitrogens with zero attached hydrogens (tertiary/aromatic N) is 3. The van der Waals surface area contributed by atoms with Crippen molar-refractivity contribution in [3.05, 3.63) is 164 Å². The van der Waals surface area contributed by atoms with Crippen LogP contribution < -0.4 is 0 Å². The first kappa shape index (κ1) is 25.8. The van der Waals surface area contributed by atoms with Crippen LogP contribution in [0.1, 0.15) is 0 Å². The van der Waals surface area contributed by atoms with Crippen molar-refractivity contribution in [2.75, 3.05) is 0 Å². The molecule has 206 valence electrons. The highest BCUT2D eigenvalue weighted by atomic mass is 14.7. The van der Waals surface area contributed by atoms with Crippen LogP contribution in [0.25, 0.3) is 77.7 Å². The van der Waals surface area contributed by atoms with Crippen LogP contribution in [0.5, 0.6) is 0 Å². The standard InChI is InChI=1S/C41H27N3/c1-3-12-29(13-4-1)39-25-34(26-40(44-39)30-14-5-2-6-15-30)33-21-35(38-24-31-16-7-8-17-32(31)27-43-38)23-36(22-33)41-37-18-10-9-11-28(37)19-20-42-41/h1-27H. The molecule has 8 rings (SSSR count). The SMILES string of the molecule is c1ccc(-c2cc(-c3cc(-c4cc5ccccc5cn4)cc(-c4nccc5ccccc45)c3)cc(-c3ccccc3)n2)cc1. The molecule has 0 fully saturated rings. The Morgan fingerprint density at radius 1 is 0.341 bits per heavy atom. The summed E-state index contributed by atoms with van der Waals surface area (Å²) in [6, 6.07) is 52.9. The maximum Gasteiger partial charge on any atom is 0.0780 e. The second-order valence-electron chi connectivity index (χ2n) is 11.0. The van der Waals surface area contributed by atoms with Crippen LogP contribution in [0.2, 0.25) is 0 Å². The number of benzene rings is 5. The minimum absolute atomic E-state index is 0.924. The van der Waals surface area contributed by atoms with Gasteiger partial charge in [0, 0.05) is 45.4 Å². The molecule has 0 atom stereocenters. The van der Waals surface area contributed by atoms with Crippen molar-refractivity contribution in [1.82, 2.24) is 15.0 Å². The first-order chi connectivity index (χ1) is 21.8. The highest BCUT2D eigenvalue weighted by molar-refractivity contribution is 5.96. The van der Waals surface area contributed by atoms with E-state index in [1.807, 2.05) is 30.6 Å². The molecule has 0 amide bonds. The van der Waals surface area contributed by atoms with Crippen molar-refractivity contribution in [2.45, 2.75) is 0 Å². The number of rotatable bonds is 5. The van der Waals surface area contributed by atoms with Gasteiger partial charge in [-0.3, -0.25) is 9.97 Å². The Morgan fingerprint density at radius 3 is 1.64 bits per heavy atom. The summed E-state index contributed by atoms with van der Waals surface area (Å²) < 4.78 is 0. The predicted octanol–water partition coefficient (Wildman–Crippen LogP) is 10.5. The van der Waals surface area contributed by atoms with Crippen molar-refractivity contribution < 1.29 is 0 Å². The van der Waals surface area contributed by atoms with E-state index in [9.17, 15) is 0 Å². The molecule has 0 N–H and O–H groups in total. The lowest BCUT2D eigenvalue weighted by atomic mass is 9.93. The molecular weight excluding hydrogens is 534 g/mol. The van der Waals surface area contributed by atoms with Gasteiger partial charge in [0.05, 0.1) is 22.8 Å². The van der Waals surface area contributed by atoms with Crippen LogP contribution in [-0.4, -0.2) is 15.0 Å². The van der Waals surface area contributed by atoms with E-state index in [4.69, 9.17) is 15.0 Å². The van der Waals surface area contributed by atoms with Crippen molar-refractivity contribution in [1.29, 1.82) is 0 Å². The van der Waals surface area contributed by atoms with Crippen molar-refractivity contribution in [3.63, 3.8) is 0 Å². The van der Waals surface area contributed by atoms with E-state index in [2.05, 4.69) is 133 Å². The van der Waals surface area contributed by atoms with E-state index in [0.717, 1.165) is 77.7 Å². The van der Waals surface area contributed by atoms with Gasteiger partial charge in [-0.15, -0.1) is 0 Å². The summed E-state index contributed by atoms with van der Waals surface area (Å²) in [5.74, 6) is 0. The quantitative estimate of drug-likeness (QED) is 0.210. The maximum absolute atomic E-state index is 5.11. The minimum atomic E-state index is 0.924. The fraction of sp³-hybridized carbons (Fsp3) is 0. The summed E-state index contributed by atoms with van der Waals surface area (Å²) >= 11 is 0. The number of hydrogen-bond acceptors (Lipinski definition) is 3. The number of fused-ring (bicyclic) bond motifs is 2. The lowest BCUT2D eigenvalue weighted by Gasteiger charge is -2.14. The van der Waals surface area contributed by atoms with Gasteiger partial charge in [0.2, 0.25) is 0 Å². The summed E-state index contributed by atoms with van der Waals surface area (Å²) in [5.41, 5.74) is 10.1. The number of hydrogen-bond donors (Lipinski definition) is 0. The van der Waals surface area contributed by atoms with Crippen LogP contribution in [-0.2, 0) is 0 Å². The van der Waals surface area contributed by atoms with E-state index >= 15 is 0 Å². The predicted molar refractivity (Wildman–Crippen MR) is 182 cm³/mol. The van der Waals surface area contributed by atoms with Crippen LogP contribution in [0, 0.1) is 0 Å². The van der Waals surface area contributed by atoms with Crippen LogP contribution in [0.15, 0.2) is 164 Å². The molecule has 0 aliphatic heterocycles. The van der Waals surface area contributed by atoms with Gasteiger partial charge in [-0.25, -0.2) is 4.98 Å². The molecule has 0 unspecified atom stereocenters. The highest BCUT2D eigenvalue weighted by Gasteiger charge is 2.14. The lowest BCUT2D eigenvalue weighted by Crippen LogP contribution is -1.94. The molecule has 3 nitrogen and oxygen atoms in total. The Bertz CT molecular complexity index is 2210. The molecule has 5 aromatic carbocycles. The normalized spacial score (nSPS) is 11.2. The van der Waals surface area contributed by atoms with Gasteiger partial charge in [-0.05, 0) is 64.4 Å². The second-order valence-corrected chi connectivity index (χ2v) is 11.0. The molecule has 3 heteroatoms. The van der Waals surface area contributed by atoms with E-state index in [1.54, 1.807) is 0 Å². The first-order valence-electron chi connectivity index (χ1n) is 14.8. The molecule has 3 aromatic heterocycles. The smallest absolute Gasteiger partial charge is 0.0780 e. The minimum Gasteiger partial charge on any atom is -0.256 e. The van der Waals surface area contributed by atoms with Gasteiger partial charge in [0.25, 0.3) is 0 Å². The highest BCUT2D eigenvalue weighted by Crippen LogP contribution is 2.37. The molecular formula is C41H27N3. The Labute approximate surface area is 256 Å². The van der Waals surface area contributed by atoms with E-state index in [1.165, 1.54) is 0 Å². The Kier molecular flexibility index (Phi) is 6.47. The Hall–Kier alpha value is -5.93. The topological polar surface area (TPSA) is 38.7 Å². The maximum atomic E-state index is 5.11.